The van der Waals surface area contributed by atoms with E-state index in [1.54, 1.807) is 0 Å². The van der Waals surface area contributed by atoms with Gasteiger partial charge in [-0.05, 0) is 34.1 Å². The van der Waals surface area contributed by atoms with Crippen molar-refractivity contribution in [3.63, 3.8) is 0 Å². The third kappa shape index (κ3) is 2.14. The number of hydrogen-bond donors (Lipinski definition) is 1. The van der Waals surface area contributed by atoms with Crippen molar-refractivity contribution in [1.29, 1.82) is 0 Å². The highest BCUT2D eigenvalue weighted by Gasteiger charge is 2.10. The maximum absolute atomic E-state index is 10.9. The number of fused-ring (bicyclic) bond motifs is 1. The van der Waals surface area contributed by atoms with E-state index < -0.39 is 10.1 Å². The second-order valence-electron chi connectivity index (χ2n) is 2.82. The molecule has 0 unspecified atom stereocenters. The zero-order valence-electron chi connectivity index (χ0n) is 7.25. The van der Waals surface area contributed by atoms with Crippen LogP contribution in [0.1, 0.15) is 0 Å². The highest BCUT2D eigenvalue weighted by molar-refractivity contribution is 9.10. The Morgan fingerprint density at radius 3 is 2.67 bits per heavy atom. The van der Waals surface area contributed by atoms with Gasteiger partial charge in [0.05, 0.1) is 22.1 Å². The fraction of sp³-hybridized carbons (Fsp3) is 0. The van der Waals surface area contributed by atoms with Gasteiger partial charge < -0.3 is 0 Å². The monoisotopic (exact) mass is 288 g/mol. The van der Waals surface area contributed by atoms with Crippen LogP contribution in [0.15, 0.2) is 33.9 Å². The van der Waals surface area contributed by atoms with Gasteiger partial charge in [-0.25, -0.2) is 4.98 Å². The topological polar surface area (TPSA) is 80.2 Å². The summed E-state index contributed by atoms with van der Waals surface area (Å²) >= 11 is 3.12. The highest BCUT2D eigenvalue weighted by Crippen LogP contribution is 2.17. The number of hydrogen-bond acceptors (Lipinski definition) is 4. The zero-order chi connectivity index (χ0) is 11.1. The Morgan fingerprint density at radius 1 is 1.27 bits per heavy atom. The molecule has 7 heteroatoms. The Bertz CT molecular complexity index is 627. The van der Waals surface area contributed by atoms with E-state index in [-0.39, 0.29) is 4.90 Å². The van der Waals surface area contributed by atoms with Crippen LogP contribution in [0.25, 0.3) is 11.0 Å². The lowest BCUT2D eigenvalue weighted by Crippen LogP contribution is -1.98. The van der Waals surface area contributed by atoms with E-state index in [9.17, 15) is 8.42 Å². The molecule has 1 heterocycles. The number of aromatic nitrogens is 2. The predicted molar refractivity (Wildman–Crippen MR) is 57.1 cm³/mol. The smallest absolute Gasteiger partial charge is 0.282 e. The first-order valence-electron chi connectivity index (χ1n) is 3.86. The summed E-state index contributed by atoms with van der Waals surface area (Å²) in [6.45, 7) is 0. The minimum atomic E-state index is -4.19. The largest absolute Gasteiger partial charge is 0.294 e. The summed E-state index contributed by atoms with van der Waals surface area (Å²) in [6, 6.07) is 4.03. The molecule has 1 aromatic carbocycles. The number of rotatable bonds is 1. The number of halogens is 1. The maximum atomic E-state index is 10.9. The van der Waals surface area contributed by atoms with E-state index in [2.05, 4.69) is 25.9 Å². The highest BCUT2D eigenvalue weighted by atomic mass is 79.9. The van der Waals surface area contributed by atoms with Gasteiger partial charge in [0, 0.05) is 0 Å². The van der Waals surface area contributed by atoms with E-state index >= 15 is 0 Å². The molecule has 0 radical (unpaired) electrons. The van der Waals surface area contributed by atoms with Crippen molar-refractivity contribution in [2.45, 2.75) is 4.90 Å². The molecule has 15 heavy (non-hydrogen) atoms. The van der Waals surface area contributed by atoms with Gasteiger partial charge in [-0.15, -0.1) is 0 Å². The molecule has 0 aliphatic carbocycles. The van der Waals surface area contributed by atoms with Crippen molar-refractivity contribution in [2.75, 3.05) is 0 Å². The predicted octanol–water partition coefficient (Wildman–Crippen LogP) is 1.64. The zero-order valence-corrected chi connectivity index (χ0v) is 9.66. The van der Waals surface area contributed by atoms with Gasteiger partial charge in [-0.2, -0.15) is 8.42 Å². The third-order valence-corrected chi connectivity index (χ3v) is 3.01. The molecule has 0 aliphatic rings. The summed E-state index contributed by atoms with van der Waals surface area (Å²) in [4.78, 5) is 7.85. The van der Waals surface area contributed by atoms with Crippen LogP contribution in [0.3, 0.4) is 0 Å². The normalized spacial score (nSPS) is 11.9. The lowest BCUT2D eigenvalue weighted by Gasteiger charge is -1.99. The molecule has 0 fully saturated rings. The standard InChI is InChI=1S/C8H5BrN2O3S/c9-8-4-10-6-2-1-5(15(12,13)14)3-7(6)11-8/h1-4H,(H,12,13,14). The summed E-state index contributed by atoms with van der Waals surface area (Å²) in [6.07, 6.45) is 1.51. The molecule has 1 aromatic heterocycles. The van der Waals surface area contributed by atoms with Crippen LogP contribution in [0.2, 0.25) is 0 Å². The summed E-state index contributed by atoms with van der Waals surface area (Å²) in [7, 11) is -4.19. The second-order valence-corrected chi connectivity index (χ2v) is 5.05. The van der Waals surface area contributed by atoms with Crippen molar-refractivity contribution in [3.05, 3.63) is 29.0 Å². The average Bonchev–Trinajstić information content (AvgIpc) is 2.15. The van der Waals surface area contributed by atoms with Gasteiger partial charge >= 0.3 is 0 Å². The molecule has 1 N–H and O–H groups in total. The Labute approximate surface area is 94.0 Å². The molecule has 0 atom stereocenters. The van der Waals surface area contributed by atoms with Gasteiger partial charge in [0.15, 0.2) is 0 Å². The van der Waals surface area contributed by atoms with Gasteiger partial charge in [0.1, 0.15) is 4.60 Å². The molecule has 78 valence electrons. The van der Waals surface area contributed by atoms with E-state index in [0.717, 1.165) is 0 Å². The molecule has 0 bridgehead atoms. The fourth-order valence-electron chi connectivity index (χ4n) is 1.13. The van der Waals surface area contributed by atoms with E-state index in [4.69, 9.17) is 4.55 Å². The Kier molecular flexibility index (Phi) is 2.45. The second kappa shape index (κ2) is 3.51. The molecular formula is C8H5BrN2O3S. The van der Waals surface area contributed by atoms with Crippen LogP contribution in [0.5, 0.6) is 0 Å². The van der Waals surface area contributed by atoms with Crippen LogP contribution in [0, 0.1) is 0 Å². The molecule has 2 aromatic rings. The molecule has 0 spiro atoms. The minimum absolute atomic E-state index is 0.192. The van der Waals surface area contributed by atoms with Crippen molar-refractivity contribution < 1.29 is 13.0 Å². The first-order valence-corrected chi connectivity index (χ1v) is 6.10. The first kappa shape index (κ1) is 10.5. The average molecular weight is 289 g/mol. The number of nitrogens with zero attached hydrogens (tertiary/aromatic N) is 2. The molecule has 0 saturated heterocycles. The SMILES string of the molecule is O=S(=O)(O)c1ccc2ncc(Br)nc2c1. The lowest BCUT2D eigenvalue weighted by molar-refractivity contribution is 0.483. The molecule has 0 aliphatic heterocycles. The Hall–Kier alpha value is -1.05. The number of benzene rings is 1. The molecule has 0 saturated carbocycles. The Balaban J connectivity index is 2.75. The lowest BCUT2D eigenvalue weighted by atomic mass is 10.3. The van der Waals surface area contributed by atoms with Gasteiger partial charge in [0.25, 0.3) is 10.1 Å². The van der Waals surface area contributed by atoms with Crippen molar-refractivity contribution in [3.8, 4) is 0 Å². The van der Waals surface area contributed by atoms with Gasteiger partial charge in [-0.3, -0.25) is 9.54 Å². The molecule has 2 rings (SSSR count). The van der Waals surface area contributed by atoms with E-state index in [1.165, 1.54) is 24.4 Å². The van der Waals surface area contributed by atoms with Crippen LogP contribution >= 0.6 is 15.9 Å². The van der Waals surface area contributed by atoms with Crippen molar-refractivity contribution >= 4 is 37.1 Å². The van der Waals surface area contributed by atoms with Crippen molar-refractivity contribution in [2.24, 2.45) is 0 Å². The molecule has 0 amide bonds. The summed E-state index contributed by atoms with van der Waals surface area (Å²) in [5, 5.41) is 0. The van der Waals surface area contributed by atoms with E-state index in [0.29, 0.717) is 15.6 Å². The fourth-order valence-corrected chi connectivity index (χ4v) is 1.92. The summed E-state index contributed by atoms with van der Waals surface area (Å²) in [5.74, 6) is 0. The van der Waals surface area contributed by atoms with E-state index in [1.807, 2.05) is 0 Å². The summed E-state index contributed by atoms with van der Waals surface area (Å²) in [5.41, 5.74) is 0.963. The van der Waals surface area contributed by atoms with Gasteiger partial charge in [0.2, 0.25) is 0 Å². The van der Waals surface area contributed by atoms with Crippen LogP contribution in [-0.2, 0) is 10.1 Å². The van der Waals surface area contributed by atoms with Crippen LogP contribution in [0.4, 0.5) is 0 Å². The maximum Gasteiger partial charge on any atom is 0.294 e. The van der Waals surface area contributed by atoms with Crippen LogP contribution in [-0.4, -0.2) is 22.9 Å². The molecule has 5 nitrogen and oxygen atoms in total. The van der Waals surface area contributed by atoms with Crippen molar-refractivity contribution in [1.82, 2.24) is 9.97 Å². The summed E-state index contributed by atoms with van der Waals surface area (Å²) < 4.78 is 31.0. The van der Waals surface area contributed by atoms with Crippen LogP contribution < -0.4 is 0 Å². The van der Waals surface area contributed by atoms with Gasteiger partial charge in [-0.1, -0.05) is 0 Å². The molecular weight excluding hydrogens is 284 g/mol. The quantitative estimate of drug-likeness (QED) is 0.807. The third-order valence-electron chi connectivity index (χ3n) is 1.78. The minimum Gasteiger partial charge on any atom is -0.282 e. The first-order chi connectivity index (χ1) is 6.97. The Morgan fingerprint density at radius 2 is 2.00 bits per heavy atom.